The molecular weight excluding hydrogens is 299 g/mol. The van der Waals surface area contributed by atoms with Crippen LogP contribution in [0.15, 0.2) is 22.9 Å². The van der Waals surface area contributed by atoms with Crippen LogP contribution in [0.5, 0.6) is 0 Å². The molecule has 1 aliphatic rings. The second-order valence-electron chi connectivity index (χ2n) is 4.73. The summed E-state index contributed by atoms with van der Waals surface area (Å²) >= 11 is 3.42. The predicted molar refractivity (Wildman–Crippen MR) is 71.1 cm³/mol. The fraction of sp³-hybridized carbons (Fsp3) is 0.462. The summed E-state index contributed by atoms with van der Waals surface area (Å²) in [6, 6.07) is 5.13. The summed E-state index contributed by atoms with van der Waals surface area (Å²) in [5.74, 6) is -0.232. The van der Waals surface area contributed by atoms with E-state index in [1.807, 2.05) is 10.6 Å². The Morgan fingerprint density at radius 3 is 3.00 bits per heavy atom. The molecule has 1 aromatic carbocycles. The van der Waals surface area contributed by atoms with Crippen LogP contribution in [0.1, 0.15) is 25.8 Å². The van der Waals surface area contributed by atoms with Crippen LogP contribution in [0.25, 0.3) is 11.0 Å². The molecule has 0 saturated carbocycles. The molecule has 3 nitrogen and oxygen atoms in total. The molecule has 96 valence electrons. The topological polar surface area (TPSA) is 27.1 Å². The molecule has 18 heavy (non-hydrogen) atoms. The van der Waals surface area contributed by atoms with Gasteiger partial charge in [-0.2, -0.15) is 0 Å². The standard InChI is InChI=1S/C13H14BrFN2O/c1-8-5-6-9(7-18-8)17-12-10(15)3-2-4-11(12)16-13(17)14/h2-4,8-9H,5-7H2,1H3/t8-,9+/m1/s1. The van der Waals surface area contributed by atoms with Crippen molar-refractivity contribution in [2.45, 2.75) is 31.9 Å². The molecule has 1 saturated heterocycles. The zero-order valence-corrected chi connectivity index (χ0v) is 11.7. The third kappa shape index (κ3) is 1.95. The zero-order valence-electron chi connectivity index (χ0n) is 10.1. The second kappa shape index (κ2) is 4.63. The molecule has 0 amide bonds. The third-order valence-electron chi connectivity index (χ3n) is 3.46. The molecule has 1 fully saturated rings. The van der Waals surface area contributed by atoms with Gasteiger partial charge in [-0.1, -0.05) is 6.07 Å². The number of halogens is 2. The van der Waals surface area contributed by atoms with E-state index >= 15 is 0 Å². The van der Waals surface area contributed by atoms with Crippen molar-refractivity contribution in [3.8, 4) is 0 Å². The van der Waals surface area contributed by atoms with Crippen LogP contribution in [0.3, 0.4) is 0 Å². The Labute approximate surface area is 113 Å². The predicted octanol–water partition coefficient (Wildman–Crippen LogP) is 3.68. The number of imidazole rings is 1. The molecule has 1 aromatic heterocycles. The van der Waals surface area contributed by atoms with E-state index in [2.05, 4.69) is 27.8 Å². The van der Waals surface area contributed by atoms with E-state index in [9.17, 15) is 4.39 Å². The first-order chi connectivity index (χ1) is 8.66. The fourth-order valence-electron chi connectivity index (χ4n) is 2.48. The Kier molecular flexibility index (Phi) is 3.11. The quantitative estimate of drug-likeness (QED) is 0.803. The van der Waals surface area contributed by atoms with Gasteiger partial charge >= 0.3 is 0 Å². The van der Waals surface area contributed by atoms with Crippen molar-refractivity contribution >= 4 is 27.0 Å². The molecule has 0 unspecified atom stereocenters. The third-order valence-corrected chi connectivity index (χ3v) is 4.02. The molecule has 3 rings (SSSR count). The van der Waals surface area contributed by atoms with Crippen molar-refractivity contribution in [3.63, 3.8) is 0 Å². The molecule has 2 atom stereocenters. The molecule has 0 radical (unpaired) electrons. The molecule has 1 aliphatic heterocycles. The van der Waals surface area contributed by atoms with Gasteiger partial charge in [0.25, 0.3) is 0 Å². The molecule has 2 aromatic rings. The van der Waals surface area contributed by atoms with Gasteiger partial charge in [-0.25, -0.2) is 9.37 Å². The van der Waals surface area contributed by atoms with Gasteiger partial charge in [0.05, 0.1) is 24.3 Å². The highest BCUT2D eigenvalue weighted by Crippen LogP contribution is 2.31. The minimum Gasteiger partial charge on any atom is -0.376 e. The number of rotatable bonds is 1. The normalized spacial score (nSPS) is 24.6. The van der Waals surface area contributed by atoms with E-state index in [1.54, 1.807) is 6.07 Å². The summed E-state index contributed by atoms with van der Waals surface area (Å²) in [4.78, 5) is 4.35. The van der Waals surface area contributed by atoms with Gasteiger partial charge in [0.15, 0.2) is 4.73 Å². The summed E-state index contributed by atoms with van der Waals surface area (Å²) in [6.07, 6.45) is 2.27. The first-order valence-corrected chi connectivity index (χ1v) is 6.89. The van der Waals surface area contributed by atoms with Gasteiger partial charge in [-0.15, -0.1) is 0 Å². The van der Waals surface area contributed by atoms with Crippen LogP contribution < -0.4 is 0 Å². The Hall–Kier alpha value is -0.940. The van der Waals surface area contributed by atoms with Crippen LogP contribution in [-0.4, -0.2) is 22.3 Å². The fourth-order valence-corrected chi connectivity index (χ4v) is 3.14. The summed E-state index contributed by atoms with van der Waals surface area (Å²) in [5.41, 5.74) is 1.24. The lowest BCUT2D eigenvalue weighted by Gasteiger charge is -2.28. The Morgan fingerprint density at radius 1 is 1.44 bits per heavy atom. The van der Waals surface area contributed by atoms with Crippen LogP contribution in [0.2, 0.25) is 0 Å². The highest BCUT2D eigenvalue weighted by Gasteiger charge is 2.24. The number of nitrogens with zero attached hydrogens (tertiary/aromatic N) is 2. The highest BCUT2D eigenvalue weighted by atomic mass is 79.9. The molecule has 0 N–H and O–H groups in total. The first kappa shape index (κ1) is 12.1. The lowest BCUT2D eigenvalue weighted by molar-refractivity contribution is -0.000368. The Bertz CT molecular complexity index is 576. The Morgan fingerprint density at radius 2 is 2.28 bits per heavy atom. The Balaban J connectivity index is 2.08. The van der Waals surface area contributed by atoms with E-state index in [0.29, 0.717) is 28.5 Å². The van der Waals surface area contributed by atoms with E-state index in [0.717, 1.165) is 12.8 Å². The first-order valence-electron chi connectivity index (χ1n) is 6.10. The largest absolute Gasteiger partial charge is 0.376 e. The van der Waals surface area contributed by atoms with Gasteiger partial charge in [0, 0.05) is 0 Å². The van der Waals surface area contributed by atoms with Gasteiger partial charge in [-0.3, -0.25) is 0 Å². The minimum atomic E-state index is -0.232. The van der Waals surface area contributed by atoms with Crippen molar-refractivity contribution in [3.05, 3.63) is 28.7 Å². The van der Waals surface area contributed by atoms with Gasteiger partial charge < -0.3 is 9.30 Å². The SMILES string of the molecule is C[C@@H]1CC[C@H](n2c(Br)nc3cccc(F)c32)CO1. The van der Waals surface area contributed by atoms with E-state index < -0.39 is 0 Å². The lowest BCUT2D eigenvalue weighted by Crippen LogP contribution is -2.26. The number of ether oxygens (including phenoxy) is 1. The van der Waals surface area contributed by atoms with Crippen LogP contribution in [0, 0.1) is 5.82 Å². The molecule has 5 heteroatoms. The van der Waals surface area contributed by atoms with Crippen molar-refractivity contribution in [1.82, 2.24) is 9.55 Å². The molecular formula is C13H14BrFN2O. The number of hydrogen-bond donors (Lipinski definition) is 0. The number of fused-ring (bicyclic) bond motifs is 1. The van der Waals surface area contributed by atoms with E-state index in [-0.39, 0.29) is 11.9 Å². The van der Waals surface area contributed by atoms with Crippen molar-refractivity contribution in [2.24, 2.45) is 0 Å². The molecule has 0 spiro atoms. The second-order valence-corrected chi connectivity index (χ2v) is 5.44. The number of benzene rings is 1. The van der Waals surface area contributed by atoms with Crippen molar-refractivity contribution < 1.29 is 9.13 Å². The van der Waals surface area contributed by atoms with Crippen LogP contribution in [0.4, 0.5) is 4.39 Å². The maximum Gasteiger partial charge on any atom is 0.178 e. The van der Waals surface area contributed by atoms with E-state index in [4.69, 9.17) is 4.74 Å². The van der Waals surface area contributed by atoms with E-state index in [1.165, 1.54) is 6.07 Å². The average molecular weight is 313 g/mol. The summed E-state index contributed by atoms with van der Waals surface area (Å²) < 4.78 is 22.2. The monoisotopic (exact) mass is 312 g/mol. The maximum absolute atomic E-state index is 14.0. The average Bonchev–Trinajstić information content (AvgIpc) is 2.68. The number of hydrogen-bond acceptors (Lipinski definition) is 2. The van der Waals surface area contributed by atoms with Gasteiger partial charge in [-0.05, 0) is 47.8 Å². The maximum atomic E-state index is 14.0. The summed E-state index contributed by atoms with van der Waals surface area (Å²) in [7, 11) is 0. The molecule has 0 aliphatic carbocycles. The smallest absolute Gasteiger partial charge is 0.178 e. The van der Waals surface area contributed by atoms with Gasteiger partial charge in [0.1, 0.15) is 11.3 Å². The van der Waals surface area contributed by atoms with Crippen LogP contribution in [-0.2, 0) is 4.74 Å². The van der Waals surface area contributed by atoms with Gasteiger partial charge in [0.2, 0.25) is 0 Å². The van der Waals surface area contributed by atoms with Crippen molar-refractivity contribution in [1.29, 1.82) is 0 Å². The molecule has 0 bridgehead atoms. The van der Waals surface area contributed by atoms with Crippen LogP contribution >= 0.6 is 15.9 Å². The zero-order chi connectivity index (χ0) is 12.7. The minimum absolute atomic E-state index is 0.150. The highest BCUT2D eigenvalue weighted by molar-refractivity contribution is 9.10. The number of aromatic nitrogens is 2. The lowest BCUT2D eigenvalue weighted by atomic mass is 10.1. The number of para-hydroxylation sites is 1. The summed E-state index contributed by atoms with van der Waals surface area (Å²) in [6.45, 7) is 2.68. The van der Waals surface area contributed by atoms with Crippen molar-refractivity contribution in [2.75, 3.05) is 6.61 Å². The summed E-state index contributed by atoms with van der Waals surface area (Å²) in [5, 5.41) is 0. The molecule has 2 heterocycles.